The van der Waals surface area contributed by atoms with Crippen LogP contribution in [-0.2, 0) is 11.3 Å². The van der Waals surface area contributed by atoms with E-state index in [0.29, 0.717) is 12.3 Å². The Kier molecular flexibility index (Phi) is 4.05. The second kappa shape index (κ2) is 6.49. The lowest BCUT2D eigenvalue weighted by Gasteiger charge is -2.00. The van der Waals surface area contributed by atoms with E-state index in [9.17, 15) is 4.79 Å². The van der Waals surface area contributed by atoms with E-state index < -0.39 is 0 Å². The number of nitrogens with zero attached hydrogens (tertiary/aromatic N) is 4. The predicted molar refractivity (Wildman–Crippen MR) is 78.7 cm³/mol. The molecule has 3 aromatic rings. The Morgan fingerprint density at radius 2 is 2.14 bits per heavy atom. The Bertz CT molecular complexity index is 746. The van der Waals surface area contributed by atoms with Crippen LogP contribution in [-0.4, -0.2) is 26.1 Å². The summed E-state index contributed by atoms with van der Waals surface area (Å²) in [6, 6.07) is 11.1. The molecule has 1 aromatic carbocycles. The maximum atomic E-state index is 11.7. The molecule has 2 heterocycles. The molecule has 0 fully saturated rings. The number of amides is 1. The van der Waals surface area contributed by atoms with Gasteiger partial charge in [0.25, 0.3) is 0 Å². The summed E-state index contributed by atoms with van der Waals surface area (Å²) in [5, 5.41) is 13.7. The second-order valence-corrected chi connectivity index (χ2v) is 4.48. The van der Waals surface area contributed by atoms with E-state index in [0.717, 1.165) is 11.3 Å². The number of hydrogen-bond acceptors (Lipinski definition) is 5. The average Bonchev–Trinajstić information content (AvgIpc) is 3.24. The van der Waals surface area contributed by atoms with Crippen molar-refractivity contribution in [2.24, 2.45) is 0 Å². The van der Waals surface area contributed by atoms with Gasteiger partial charge in [0.1, 0.15) is 12.1 Å². The number of rotatable bonds is 5. The van der Waals surface area contributed by atoms with Crippen molar-refractivity contribution in [3.05, 3.63) is 66.4 Å². The molecule has 0 aliphatic heterocycles. The van der Waals surface area contributed by atoms with Gasteiger partial charge in [-0.2, -0.15) is 0 Å². The molecule has 3 rings (SSSR count). The fraction of sp³-hybridized carbons (Fsp3) is 0.0667. The van der Waals surface area contributed by atoms with Crippen molar-refractivity contribution in [1.29, 1.82) is 0 Å². The normalized spacial score (nSPS) is 10.9. The number of carbonyl (C=O) groups is 1. The van der Waals surface area contributed by atoms with E-state index in [4.69, 9.17) is 4.42 Å². The number of tetrazole rings is 1. The van der Waals surface area contributed by atoms with E-state index in [1.807, 2.05) is 30.3 Å². The first-order valence-corrected chi connectivity index (χ1v) is 6.63. The Morgan fingerprint density at radius 1 is 1.27 bits per heavy atom. The van der Waals surface area contributed by atoms with Gasteiger partial charge in [-0.05, 0) is 46.3 Å². The van der Waals surface area contributed by atoms with Gasteiger partial charge in [0.15, 0.2) is 0 Å². The van der Waals surface area contributed by atoms with Crippen molar-refractivity contribution in [2.45, 2.75) is 6.54 Å². The molecule has 7 nitrogen and oxygen atoms in total. The van der Waals surface area contributed by atoms with Gasteiger partial charge in [0.2, 0.25) is 5.91 Å². The summed E-state index contributed by atoms with van der Waals surface area (Å²) < 4.78 is 6.70. The Hall–Kier alpha value is -3.22. The molecular weight excluding hydrogens is 282 g/mol. The highest BCUT2D eigenvalue weighted by atomic mass is 16.3. The fourth-order valence-electron chi connectivity index (χ4n) is 1.84. The van der Waals surface area contributed by atoms with E-state index in [2.05, 4.69) is 20.8 Å². The van der Waals surface area contributed by atoms with Crippen molar-refractivity contribution in [3.63, 3.8) is 0 Å². The van der Waals surface area contributed by atoms with Gasteiger partial charge in [-0.15, -0.1) is 5.10 Å². The number of aromatic nitrogens is 4. The third-order valence-electron chi connectivity index (χ3n) is 2.95. The second-order valence-electron chi connectivity index (χ2n) is 4.48. The molecule has 110 valence electrons. The highest BCUT2D eigenvalue weighted by Crippen LogP contribution is 2.09. The Morgan fingerprint density at radius 3 is 2.82 bits per heavy atom. The molecule has 0 saturated heterocycles. The molecule has 0 unspecified atom stereocenters. The third-order valence-corrected chi connectivity index (χ3v) is 2.95. The Balaban J connectivity index is 1.57. The van der Waals surface area contributed by atoms with Crippen LogP contribution in [0, 0.1) is 0 Å². The topological polar surface area (TPSA) is 85.8 Å². The lowest BCUT2D eigenvalue weighted by molar-refractivity contribution is -0.116. The molecule has 0 atom stereocenters. The zero-order chi connectivity index (χ0) is 15.2. The van der Waals surface area contributed by atoms with Crippen LogP contribution < -0.4 is 5.32 Å². The van der Waals surface area contributed by atoms with Gasteiger partial charge >= 0.3 is 0 Å². The van der Waals surface area contributed by atoms with Crippen LogP contribution in [0.5, 0.6) is 0 Å². The Labute approximate surface area is 126 Å². The van der Waals surface area contributed by atoms with Crippen molar-refractivity contribution in [2.75, 3.05) is 0 Å². The van der Waals surface area contributed by atoms with Crippen LogP contribution in [0.4, 0.5) is 0 Å². The van der Waals surface area contributed by atoms with Crippen molar-refractivity contribution in [1.82, 2.24) is 25.5 Å². The number of furan rings is 1. The molecule has 0 spiro atoms. The summed E-state index contributed by atoms with van der Waals surface area (Å²) in [6.45, 7) is 0.369. The molecule has 22 heavy (non-hydrogen) atoms. The van der Waals surface area contributed by atoms with E-state index in [-0.39, 0.29) is 5.91 Å². The zero-order valence-electron chi connectivity index (χ0n) is 11.6. The average molecular weight is 295 g/mol. The van der Waals surface area contributed by atoms with Gasteiger partial charge in [0, 0.05) is 6.08 Å². The van der Waals surface area contributed by atoms with Gasteiger partial charge in [-0.1, -0.05) is 12.1 Å². The minimum Gasteiger partial charge on any atom is -0.467 e. The largest absolute Gasteiger partial charge is 0.467 e. The van der Waals surface area contributed by atoms with Crippen molar-refractivity contribution >= 4 is 12.0 Å². The molecule has 0 radical (unpaired) electrons. The van der Waals surface area contributed by atoms with Crippen LogP contribution in [0.1, 0.15) is 11.3 Å². The minimum atomic E-state index is -0.180. The highest BCUT2D eigenvalue weighted by molar-refractivity contribution is 5.91. The SMILES string of the molecule is O=C(/C=C/c1ccc(-n2cnnn2)cc1)NCc1ccco1. The number of nitrogens with one attached hydrogen (secondary N) is 1. The molecule has 0 bridgehead atoms. The monoisotopic (exact) mass is 295 g/mol. The molecule has 1 N–H and O–H groups in total. The first-order chi connectivity index (χ1) is 10.8. The van der Waals surface area contributed by atoms with Crippen molar-refractivity contribution in [3.8, 4) is 5.69 Å². The summed E-state index contributed by atoms with van der Waals surface area (Å²) in [7, 11) is 0. The first-order valence-electron chi connectivity index (χ1n) is 6.63. The first kappa shape index (κ1) is 13.7. The van der Waals surface area contributed by atoms with Crippen LogP contribution in [0.2, 0.25) is 0 Å². The van der Waals surface area contributed by atoms with Gasteiger partial charge in [0.05, 0.1) is 18.5 Å². The standard InChI is InChI=1S/C15H13N5O2/c21-15(16-10-14-2-1-9-22-14)8-5-12-3-6-13(7-4-12)20-11-17-18-19-20/h1-9,11H,10H2,(H,16,21)/b8-5+. The molecule has 0 saturated carbocycles. The third kappa shape index (κ3) is 3.45. The highest BCUT2D eigenvalue weighted by Gasteiger charge is 1.99. The molecule has 0 aliphatic rings. The molecule has 2 aromatic heterocycles. The summed E-state index contributed by atoms with van der Waals surface area (Å²) in [5.41, 5.74) is 1.76. The maximum Gasteiger partial charge on any atom is 0.244 e. The quantitative estimate of drug-likeness (QED) is 0.722. The van der Waals surface area contributed by atoms with Crippen LogP contribution >= 0.6 is 0 Å². The van der Waals surface area contributed by atoms with E-state index >= 15 is 0 Å². The smallest absolute Gasteiger partial charge is 0.244 e. The number of carbonyl (C=O) groups excluding carboxylic acids is 1. The molecule has 7 heteroatoms. The van der Waals surface area contributed by atoms with Crippen molar-refractivity contribution < 1.29 is 9.21 Å². The number of benzene rings is 1. The summed E-state index contributed by atoms with van der Waals surface area (Å²) in [5.74, 6) is 0.536. The molecular formula is C15H13N5O2. The summed E-state index contributed by atoms with van der Waals surface area (Å²) in [4.78, 5) is 11.7. The fourth-order valence-corrected chi connectivity index (χ4v) is 1.84. The predicted octanol–water partition coefficient (Wildman–Crippen LogP) is 1.58. The zero-order valence-corrected chi connectivity index (χ0v) is 11.6. The van der Waals surface area contributed by atoms with Crippen LogP contribution in [0.25, 0.3) is 11.8 Å². The molecule has 0 aliphatic carbocycles. The lowest BCUT2D eigenvalue weighted by Crippen LogP contribution is -2.19. The molecule has 1 amide bonds. The number of hydrogen-bond donors (Lipinski definition) is 1. The summed E-state index contributed by atoms with van der Waals surface area (Å²) >= 11 is 0. The van der Waals surface area contributed by atoms with E-state index in [1.165, 1.54) is 12.4 Å². The van der Waals surface area contributed by atoms with Crippen LogP contribution in [0.3, 0.4) is 0 Å². The lowest BCUT2D eigenvalue weighted by atomic mass is 10.2. The van der Waals surface area contributed by atoms with E-state index in [1.54, 1.807) is 23.1 Å². The van der Waals surface area contributed by atoms with Crippen LogP contribution in [0.15, 0.2) is 59.5 Å². The van der Waals surface area contributed by atoms with Gasteiger partial charge in [-0.3, -0.25) is 4.79 Å². The maximum absolute atomic E-state index is 11.7. The van der Waals surface area contributed by atoms with Gasteiger partial charge in [-0.25, -0.2) is 4.68 Å². The van der Waals surface area contributed by atoms with Gasteiger partial charge < -0.3 is 9.73 Å². The summed E-state index contributed by atoms with van der Waals surface area (Å²) in [6.07, 6.45) is 6.31. The minimum absolute atomic E-state index is 0.180.